The summed E-state index contributed by atoms with van der Waals surface area (Å²) in [6, 6.07) is 12.9. The lowest BCUT2D eigenvalue weighted by molar-refractivity contribution is 0.237. The van der Waals surface area contributed by atoms with Gasteiger partial charge < -0.3 is 14.6 Å². The van der Waals surface area contributed by atoms with Gasteiger partial charge in [-0.2, -0.15) is 5.10 Å². The van der Waals surface area contributed by atoms with Crippen LogP contribution in [0.4, 0.5) is 10.1 Å². The second kappa shape index (κ2) is 10.9. The Bertz CT molecular complexity index is 1890. The largest absolute Gasteiger partial charge is 0.492 e. The van der Waals surface area contributed by atoms with E-state index in [4.69, 9.17) is 4.74 Å². The molecule has 0 spiro atoms. The Labute approximate surface area is 242 Å². The molecule has 1 saturated heterocycles. The van der Waals surface area contributed by atoms with E-state index in [1.165, 1.54) is 25.0 Å². The molecule has 1 aliphatic rings. The maximum absolute atomic E-state index is 14.7. The summed E-state index contributed by atoms with van der Waals surface area (Å²) >= 11 is 0. The Balaban J connectivity index is 1.22. The molecule has 6 aromatic rings. The number of benzene rings is 1. The van der Waals surface area contributed by atoms with Gasteiger partial charge in [-0.1, -0.05) is 0 Å². The highest BCUT2D eigenvalue weighted by Crippen LogP contribution is 2.35. The van der Waals surface area contributed by atoms with Crippen molar-refractivity contribution in [2.75, 3.05) is 45.2 Å². The summed E-state index contributed by atoms with van der Waals surface area (Å²) in [5.41, 5.74) is 7.38. The Morgan fingerprint density at radius 1 is 0.905 bits per heavy atom. The minimum absolute atomic E-state index is 0.339. The lowest BCUT2D eigenvalue weighted by Gasteiger charge is -2.15. The van der Waals surface area contributed by atoms with Crippen molar-refractivity contribution in [1.82, 2.24) is 35.0 Å². The third-order valence-corrected chi connectivity index (χ3v) is 7.83. The van der Waals surface area contributed by atoms with E-state index in [9.17, 15) is 4.39 Å². The molecule has 212 valence electrons. The van der Waals surface area contributed by atoms with Gasteiger partial charge in [0, 0.05) is 67.2 Å². The predicted molar refractivity (Wildman–Crippen MR) is 163 cm³/mol. The molecule has 1 fully saturated rings. The molecule has 2 N–H and O–H groups in total. The van der Waals surface area contributed by atoms with Crippen LogP contribution in [0.5, 0.6) is 5.75 Å². The molecule has 0 amide bonds. The van der Waals surface area contributed by atoms with Gasteiger partial charge in [0.15, 0.2) is 5.65 Å². The van der Waals surface area contributed by atoms with Crippen LogP contribution in [-0.2, 0) is 0 Å². The number of halogens is 1. The summed E-state index contributed by atoms with van der Waals surface area (Å²) in [4.78, 5) is 21.4. The first-order chi connectivity index (χ1) is 20.5. The van der Waals surface area contributed by atoms with Gasteiger partial charge in [0.1, 0.15) is 29.5 Å². The molecular formula is C32H31FN8O. The average Bonchev–Trinajstić information content (AvgIpc) is 3.76. The van der Waals surface area contributed by atoms with Crippen molar-refractivity contribution in [3.8, 4) is 39.4 Å². The number of likely N-dealkylation sites (tertiary alicyclic amines) is 1. The number of rotatable bonds is 8. The number of fused-ring (bicyclic) bond motifs is 2. The lowest BCUT2D eigenvalue weighted by Crippen LogP contribution is -2.25. The number of aromatic amines is 2. The number of nitrogens with zero attached hydrogens (tertiary/aromatic N) is 6. The first-order valence-corrected chi connectivity index (χ1v) is 14.1. The molecule has 0 saturated carbocycles. The van der Waals surface area contributed by atoms with E-state index in [-0.39, 0.29) is 5.82 Å². The third kappa shape index (κ3) is 5.05. The van der Waals surface area contributed by atoms with Crippen molar-refractivity contribution in [2.45, 2.75) is 12.8 Å². The Morgan fingerprint density at radius 3 is 2.62 bits per heavy atom. The normalized spacial score (nSPS) is 13.8. The molecule has 7 rings (SSSR count). The van der Waals surface area contributed by atoms with Crippen LogP contribution in [0.1, 0.15) is 12.8 Å². The topological polar surface area (TPSA) is 98.8 Å². The lowest BCUT2D eigenvalue weighted by atomic mass is 10.0. The van der Waals surface area contributed by atoms with E-state index in [1.807, 2.05) is 55.8 Å². The first-order valence-electron chi connectivity index (χ1n) is 14.1. The van der Waals surface area contributed by atoms with Gasteiger partial charge in [-0.25, -0.2) is 14.4 Å². The number of ether oxygens (including phenoxy) is 1. The van der Waals surface area contributed by atoms with Gasteiger partial charge in [0.25, 0.3) is 0 Å². The first kappa shape index (κ1) is 26.1. The van der Waals surface area contributed by atoms with Gasteiger partial charge in [0.05, 0.1) is 17.6 Å². The SMILES string of the molecule is CN(C)c1cncc(-c2cnc3[nH]nc(-c4cc5c(-c6cc(F)cc(OCCN7CCCC7)c6)ccnc5[nH]4)c3c2)c1. The van der Waals surface area contributed by atoms with E-state index in [0.717, 1.165) is 69.7 Å². The van der Waals surface area contributed by atoms with Gasteiger partial charge >= 0.3 is 0 Å². The van der Waals surface area contributed by atoms with Crippen LogP contribution in [0.15, 0.2) is 67.3 Å². The molecule has 6 heterocycles. The molecule has 1 aliphatic heterocycles. The van der Waals surface area contributed by atoms with Gasteiger partial charge in [0.2, 0.25) is 0 Å². The molecule has 0 bridgehead atoms. The summed E-state index contributed by atoms with van der Waals surface area (Å²) in [7, 11) is 3.98. The number of nitrogens with one attached hydrogen (secondary N) is 2. The molecule has 0 radical (unpaired) electrons. The molecule has 0 aliphatic carbocycles. The zero-order chi connectivity index (χ0) is 28.6. The van der Waals surface area contributed by atoms with Crippen LogP contribution in [0.3, 0.4) is 0 Å². The zero-order valence-electron chi connectivity index (χ0n) is 23.6. The monoisotopic (exact) mass is 562 g/mol. The summed E-state index contributed by atoms with van der Waals surface area (Å²) in [5, 5.41) is 9.37. The standard InChI is InChI=1S/C32H31FN8O/c1-40(2)24-12-21(17-34-19-24)22-14-28-30(38-39-32(28)36-18-22)29-16-27-26(5-6-35-31(27)37-29)20-11-23(33)15-25(13-20)42-10-9-41-7-3-4-8-41/h5-6,11-19H,3-4,7-10H2,1-2H3,(H,35,37)(H,36,38,39). The fourth-order valence-electron chi connectivity index (χ4n) is 5.60. The van der Waals surface area contributed by atoms with E-state index in [2.05, 4.69) is 47.2 Å². The minimum atomic E-state index is -0.339. The van der Waals surface area contributed by atoms with Crippen LogP contribution in [0.2, 0.25) is 0 Å². The quantitative estimate of drug-likeness (QED) is 0.238. The number of H-pyrrole nitrogens is 2. The van der Waals surface area contributed by atoms with E-state index in [1.54, 1.807) is 6.20 Å². The summed E-state index contributed by atoms with van der Waals surface area (Å²) < 4.78 is 20.7. The highest BCUT2D eigenvalue weighted by atomic mass is 19.1. The average molecular weight is 563 g/mol. The van der Waals surface area contributed by atoms with Crippen LogP contribution in [-0.4, -0.2) is 75.4 Å². The van der Waals surface area contributed by atoms with Gasteiger partial charge in [-0.3, -0.25) is 15.0 Å². The maximum atomic E-state index is 14.7. The summed E-state index contributed by atoms with van der Waals surface area (Å²) in [6.45, 7) is 3.58. The second-order valence-electron chi connectivity index (χ2n) is 10.9. The molecule has 0 atom stereocenters. The number of anilines is 1. The van der Waals surface area contributed by atoms with Gasteiger partial charge in [-0.15, -0.1) is 0 Å². The highest BCUT2D eigenvalue weighted by Gasteiger charge is 2.17. The van der Waals surface area contributed by atoms with Crippen LogP contribution in [0, 0.1) is 5.82 Å². The minimum Gasteiger partial charge on any atom is -0.492 e. The predicted octanol–water partition coefficient (Wildman–Crippen LogP) is 5.91. The van der Waals surface area contributed by atoms with E-state index >= 15 is 0 Å². The molecule has 9 nitrogen and oxygen atoms in total. The van der Waals surface area contributed by atoms with Crippen LogP contribution >= 0.6 is 0 Å². The van der Waals surface area contributed by atoms with Gasteiger partial charge in [-0.05, 0) is 73.5 Å². The molecule has 0 unspecified atom stereocenters. The fourth-order valence-corrected chi connectivity index (χ4v) is 5.60. The highest BCUT2D eigenvalue weighted by molar-refractivity contribution is 6.00. The number of pyridine rings is 3. The molecule has 5 aromatic heterocycles. The summed E-state index contributed by atoms with van der Waals surface area (Å²) in [6.07, 6.45) is 9.67. The van der Waals surface area contributed by atoms with Crippen molar-refractivity contribution >= 4 is 27.8 Å². The van der Waals surface area contributed by atoms with Crippen molar-refractivity contribution in [3.63, 3.8) is 0 Å². The second-order valence-corrected chi connectivity index (χ2v) is 10.9. The molecule has 10 heteroatoms. The van der Waals surface area contributed by atoms with Crippen LogP contribution in [0.25, 0.3) is 55.7 Å². The maximum Gasteiger partial charge on any atom is 0.155 e. The van der Waals surface area contributed by atoms with E-state index in [0.29, 0.717) is 23.7 Å². The van der Waals surface area contributed by atoms with E-state index < -0.39 is 0 Å². The number of hydrogen-bond donors (Lipinski definition) is 2. The van der Waals surface area contributed by atoms with Crippen molar-refractivity contribution < 1.29 is 9.13 Å². The zero-order valence-corrected chi connectivity index (χ0v) is 23.6. The molecule has 1 aromatic carbocycles. The number of aromatic nitrogens is 6. The molecular weight excluding hydrogens is 531 g/mol. The Hall–Kier alpha value is -4.83. The Kier molecular flexibility index (Phi) is 6.75. The summed E-state index contributed by atoms with van der Waals surface area (Å²) in [5.74, 6) is 0.184. The Morgan fingerprint density at radius 2 is 1.76 bits per heavy atom. The van der Waals surface area contributed by atoms with Crippen LogP contribution < -0.4 is 9.64 Å². The molecule has 42 heavy (non-hydrogen) atoms. The number of hydrogen-bond acceptors (Lipinski definition) is 7. The van der Waals surface area contributed by atoms with Crippen molar-refractivity contribution in [3.05, 3.63) is 73.1 Å². The fraction of sp³-hybridized carbons (Fsp3) is 0.250. The third-order valence-electron chi connectivity index (χ3n) is 7.83. The van der Waals surface area contributed by atoms with Crippen molar-refractivity contribution in [2.24, 2.45) is 0 Å². The smallest absolute Gasteiger partial charge is 0.155 e. The van der Waals surface area contributed by atoms with Crippen molar-refractivity contribution in [1.29, 1.82) is 0 Å².